The van der Waals surface area contributed by atoms with E-state index in [1.807, 2.05) is 31.2 Å². The lowest BCUT2D eigenvalue weighted by atomic mass is 10.3. The predicted molar refractivity (Wildman–Crippen MR) is 86.6 cm³/mol. The fraction of sp³-hybridized carbons (Fsp3) is 0.312. The molecule has 3 aromatic rings. The molecule has 1 saturated carbocycles. The van der Waals surface area contributed by atoms with E-state index in [1.54, 1.807) is 6.26 Å². The van der Waals surface area contributed by atoms with Crippen molar-refractivity contribution in [2.45, 2.75) is 32.2 Å². The van der Waals surface area contributed by atoms with Crippen LogP contribution in [-0.2, 0) is 6.54 Å². The van der Waals surface area contributed by atoms with Crippen LogP contribution in [0.15, 0.2) is 34.9 Å². The summed E-state index contributed by atoms with van der Waals surface area (Å²) in [6.07, 6.45) is 4.14. The van der Waals surface area contributed by atoms with E-state index < -0.39 is 0 Å². The van der Waals surface area contributed by atoms with Gasteiger partial charge >= 0.3 is 0 Å². The quantitative estimate of drug-likeness (QED) is 0.647. The molecule has 3 heterocycles. The zero-order chi connectivity index (χ0) is 15.6. The van der Waals surface area contributed by atoms with Crippen LogP contribution in [0, 0.1) is 6.92 Å². The van der Waals surface area contributed by atoms with Gasteiger partial charge in [-0.1, -0.05) is 0 Å². The van der Waals surface area contributed by atoms with Crippen LogP contribution in [0.4, 0.5) is 17.6 Å². The highest BCUT2D eigenvalue weighted by atomic mass is 16.3. The maximum Gasteiger partial charge on any atom is 0.225 e. The largest absolute Gasteiger partial charge is 0.467 e. The molecule has 0 atom stereocenters. The molecule has 23 heavy (non-hydrogen) atoms. The third-order valence-corrected chi connectivity index (χ3v) is 3.73. The van der Waals surface area contributed by atoms with Gasteiger partial charge < -0.3 is 15.1 Å². The standard InChI is InChI=1S/C16H18N6O/c1-10-7-14(19-15-8-13(21-22-15)11-4-5-11)20-16(18-10)17-9-12-3-2-6-23-12/h2-3,6-8,11H,4-5,9H2,1H3,(H3,17,18,19,20,21,22). The second-order valence-corrected chi connectivity index (χ2v) is 5.76. The number of rotatable bonds is 6. The molecular formula is C16H18N6O. The van der Waals surface area contributed by atoms with E-state index in [2.05, 4.69) is 30.8 Å². The van der Waals surface area contributed by atoms with Gasteiger partial charge in [-0.2, -0.15) is 10.1 Å². The summed E-state index contributed by atoms with van der Waals surface area (Å²) in [4.78, 5) is 8.86. The molecule has 7 nitrogen and oxygen atoms in total. The number of aryl methyl sites for hydroxylation is 1. The first-order valence-corrected chi connectivity index (χ1v) is 7.70. The molecule has 3 N–H and O–H groups in total. The number of furan rings is 1. The second-order valence-electron chi connectivity index (χ2n) is 5.76. The van der Waals surface area contributed by atoms with Gasteiger partial charge in [-0.15, -0.1) is 0 Å². The average molecular weight is 310 g/mol. The van der Waals surface area contributed by atoms with Gasteiger partial charge in [-0.3, -0.25) is 5.10 Å². The van der Waals surface area contributed by atoms with Gasteiger partial charge in [0.25, 0.3) is 0 Å². The summed E-state index contributed by atoms with van der Waals surface area (Å²) in [6.45, 7) is 2.48. The van der Waals surface area contributed by atoms with Crippen molar-refractivity contribution in [1.82, 2.24) is 20.2 Å². The molecule has 0 spiro atoms. The lowest BCUT2D eigenvalue weighted by Gasteiger charge is -2.07. The highest BCUT2D eigenvalue weighted by Gasteiger charge is 2.25. The zero-order valence-electron chi connectivity index (χ0n) is 12.8. The Morgan fingerprint density at radius 1 is 1.26 bits per heavy atom. The summed E-state index contributed by atoms with van der Waals surface area (Å²) < 4.78 is 5.29. The Labute approximate surface area is 133 Å². The molecule has 0 unspecified atom stereocenters. The number of hydrogen-bond acceptors (Lipinski definition) is 6. The van der Waals surface area contributed by atoms with Gasteiger partial charge in [-0.25, -0.2) is 4.98 Å². The van der Waals surface area contributed by atoms with Crippen LogP contribution in [0.2, 0.25) is 0 Å². The number of H-pyrrole nitrogens is 1. The molecule has 0 aliphatic heterocycles. The number of nitrogens with one attached hydrogen (secondary N) is 3. The van der Waals surface area contributed by atoms with Crippen LogP contribution < -0.4 is 10.6 Å². The molecule has 3 aromatic heterocycles. The summed E-state index contributed by atoms with van der Waals surface area (Å²) in [5, 5.41) is 13.8. The Hall–Kier alpha value is -2.83. The topological polar surface area (TPSA) is 91.7 Å². The fourth-order valence-electron chi connectivity index (χ4n) is 2.43. The fourth-order valence-corrected chi connectivity index (χ4v) is 2.43. The van der Waals surface area contributed by atoms with Gasteiger partial charge in [0.15, 0.2) is 5.82 Å². The number of hydrogen-bond donors (Lipinski definition) is 3. The summed E-state index contributed by atoms with van der Waals surface area (Å²) in [5.41, 5.74) is 2.07. The van der Waals surface area contributed by atoms with Crippen LogP contribution in [0.1, 0.15) is 35.9 Å². The third kappa shape index (κ3) is 3.33. The first-order chi connectivity index (χ1) is 11.3. The predicted octanol–water partition coefficient (Wildman–Crippen LogP) is 3.33. The lowest BCUT2D eigenvalue weighted by Crippen LogP contribution is -2.06. The molecular weight excluding hydrogens is 292 g/mol. The van der Waals surface area contributed by atoms with Crippen molar-refractivity contribution in [3.63, 3.8) is 0 Å². The Bertz CT molecular complexity index is 791. The summed E-state index contributed by atoms with van der Waals surface area (Å²) in [7, 11) is 0. The van der Waals surface area contributed by atoms with E-state index in [4.69, 9.17) is 4.42 Å². The molecule has 7 heteroatoms. The Kier molecular flexibility index (Phi) is 3.45. The maximum atomic E-state index is 5.29. The molecule has 0 amide bonds. The zero-order valence-corrected chi connectivity index (χ0v) is 12.8. The summed E-state index contributed by atoms with van der Waals surface area (Å²) in [5.74, 6) is 3.54. The smallest absolute Gasteiger partial charge is 0.225 e. The molecule has 1 aliphatic carbocycles. The summed E-state index contributed by atoms with van der Waals surface area (Å²) >= 11 is 0. The van der Waals surface area contributed by atoms with Gasteiger partial charge in [0, 0.05) is 29.4 Å². The van der Waals surface area contributed by atoms with E-state index in [1.165, 1.54) is 18.5 Å². The van der Waals surface area contributed by atoms with Crippen LogP contribution >= 0.6 is 0 Å². The van der Waals surface area contributed by atoms with Crippen molar-refractivity contribution in [1.29, 1.82) is 0 Å². The highest BCUT2D eigenvalue weighted by molar-refractivity contribution is 5.54. The molecule has 0 radical (unpaired) electrons. The Morgan fingerprint density at radius 2 is 2.17 bits per heavy atom. The minimum absolute atomic E-state index is 0.546. The number of aromatic nitrogens is 4. The van der Waals surface area contributed by atoms with E-state index in [9.17, 15) is 0 Å². The highest BCUT2D eigenvalue weighted by Crippen LogP contribution is 2.39. The first-order valence-electron chi connectivity index (χ1n) is 7.70. The van der Waals surface area contributed by atoms with Crippen molar-refractivity contribution < 1.29 is 4.42 Å². The van der Waals surface area contributed by atoms with Crippen molar-refractivity contribution in [3.05, 3.63) is 47.7 Å². The molecule has 0 saturated heterocycles. The monoisotopic (exact) mass is 310 g/mol. The van der Waals surface area contributed by atoms with Gasteiger partial charge in [0.2, 0.25) is 5.95 Å². The normalized spacial score (nSPS) is 14.0. The maximum absolute atomic E-state index is 5.29. The minimum Gasteiger partial charge on any atom is -0.467 e. The minimum atomic E-state index is 0.546. The molecule has 0 bridgehead atoms. The molecule has 0 aromatic carbocycles. The van der Waals surface area contributed by atoms with Crippen LogP contribution in [0.3, 0.4) is 0 Å². The van der Waals surface area contributed by atoms with Crippen molar-refractivity contribution in [2.75, 3.05) is 10.6 Å². The summed E-state index contributed by atoms with van der Waals surface area (Å²) in [6, 6.07) is 7.70. The Balaban J connectivity index is 1.46. The van der Waals surface area contributed by atoms with E-state index in [0.717, 1.165) is 17.3 Å². The van der Waals surface area contributed by atoms with Crippen molar-refractivity contribution in [2.24, 2.45) is 0 Å². The SMILES string of the molecule is Cc1cc(Nc2cc(C3CC3)[nH]n2)nc(NCc2ccco2)n1. The van der Waals surface area contributed by atoms with Crippen LogP contribution in [0.25, 0.3) is 0 Å². The van der Waals surface area contributed by atoms with Crippen LogP contribution in [-0.4, -0.2) is 20.2 Å². The van der Waals surface area contributed by atoms with E-state index in [0.29, 0.717) is 24.2 Å². The van der Waals surface area contributed by atoms with E-state index in [-0.39, 0.29) is 0 Å². The number of aromatic amines is 1. The van der Waals surface area contributed by atoms with Gasteiger partial charge in [0.05, 0.1) is 12.8 Å². The van der Waals surface area contributed by atoms with Gasteiger partial charge in [0.1, 0.15) is 11.6 Å². The first kappa shape index (κ1) is 13.8. The number of anilines is 3. The lowest BCUT2D eigenvalue weighted by molar-refractivity contribution is 0.517. The third-order valence-electron chi connectivity index (χ3n) is 3.73. The average Bonchev–Trinajstić information content (AvgIpc) is 3.06. The molecule has 1 fully saturated rings. The molecule has 118 valence electrons. The van der Waals surface area contributed by atoms with Gasteiger partial charge in [-0.05, 0) is 31.9 Å². The second kappa shape index (κ2) is 5.75. The molecule has 4 rings (SSSR count). The van der Waals surface area contributed by atoms with Crippen molar-refractivity contribution in [3.8, 4) is 0 Å². The number of nitrogens with zero attached hydrogens (tertiary/aromatic N) is 3. The van der Waals surface area contributed by atoms with E-state index >= 15 is 0 Å². The van der Waals surface area contributed by atoms with Crippen molar-refractivity contribution >= 4 is 17.6 Å². The van der Waals surface area contributed by atoms with Crippen LogP contribution in [0.5, 0.6) is 0 Å². The Morgan fingerprint density at radius 3 is 2.96 bits per heavy atom. The molecule has 1 aliphatic rings.